The van der Waals surface area contributed by atoms with E-state index in [9.17, 15) is 9.59 Å². The first-order valence-electron chi connectivity index (χ1n) is 10.6. The van der Waals surface area contributed by atoms with E-state index in [-0.39, 0.29) is 17.6 Å². The van der Waals surface area contributed by atoms with Gasteiger partial charge in [0.15, 0.2) is 5.84 Å². The molecule has 0 saturated carbocycles. The van der Waals surface area contributed by atoms with E-state index in [2.05, 4.69) is 10.5 Å². The molecule has 2 aromatic carbocycles. The van der Waals surface area contributed by atoms with Crippen molar-refractivity contribution < 1.29 is 14.8 Å². The van der Waals surface area contributed by atoms with Crippen LogP contribution < -0.4 is 16.0 Å². The van der Waals surface area contributed by atoms with Crippen LogP contribution in [0.3, 0.4) is 0 Å². The third-order valence-corrected chi connectivity index (χ3v) is 5.87. The van der Waals surface area contributed by atoms with E-state index in [1.807, 2.05) is 42.5 Å². The highest BCUT2D eigenvalue weighted by atomic mass is 16.4. The second kappa shape index (κ2) is 9.04. The number of allylic oxidation sites excluding steroid dienone is 1. The topological polar surface area (TPSA) is 108 Å². The predicted molar refractivity (Wildman–Crippen MR) is 121 cm³/mol. The summed E-state index contributed by atoms with van der Waals surface area (Å²) in [5.74, 6) is 0.0696. The molecule has 1 fully saturated rings. The van der Waals surface area contributed by atoms with E-state index in [1.165, 1.54) is 0 Å². The molecule has 1 aliphatic carbocycles. The van der Waals surface area contributed by atoms with Crippen molar-refractivity contribution >= 4 is 34.6 Å². The highest BCUT2D eigenvalue weighted by molar-refractivity contribution is 6.10. The number of piperidine rings is 1. The monoisotopic (exact) mass is 418 g/mol. The van der Waals surface area contributed by atoms with Crippen molar-refractivity contribution in [2.24, 2.45) is 10.9 Å². The number of oxime groups is 1. The molecule has 0 spiro atoms. The van der Waals surface area contributed by atoms with Gasteiger partial charge in [0.25, 0.3) is 5.91 Å². The third kappa shape index (κ3) is 4.45. The van der Waals surface area contributed by atoms with Crippen molar-refractivity contribution in [3.05, 3.63) is 65.2 Å². The average molecular weight is 418 g/mol. The van der Waals surface area contributed by atoms with Crippen LogP contribution in [0.2, 0.25) is 0 Å². The second-order valence-electron chi connectivity index (χ2n) is 7.88. The van der Waals surface area contributed by atoms with Gasteiger partial charge in [-0.15, -0.1) is 0 Å². The molecule has 0 bridgehead atoms. The molecule has 1 saturated heterocycles. The molecule has 1 heterocycles. The fourth-order valence-corrected chi connectivity index (χ4v) is 4.25. The molecule has 0 aromatic heterocycles. The smallest absolute Gasteiger partial charge is 0.251 e. The summed E-state index contributed by atoms with van der Waals surface area (Å²) in [7, 11) is 0. The summed E-state index contributed by atoms with van der Waals surface area (Å²) in [6.45, 7) is 0.741. The number of amidine groups is 1. The Morgan fingerprint density at radius 1 is 1.03 bits per heavy atom. The molecular weight excluding hydrogens is 392 g/mol. The molecule has 2 aliphatic rings. The van der Waals surface area contributed by atoms with Gasteiger partial charge in [-0.2, -0.15) is 0 Å². The number of nitrogens with zero attached hydrogens (tertiary/aromatic N) is 2. The van der Waals surface area contributed by atoms with E-state index in [4.69, 9.17) is 10.9 Å². The summed E-state index contributed by atoms with van der Waals surface area (Å²) in [6.07, 6.45) is 4.96. The maximum atomic E-state index is 13.0. The molecule has 0 unspecified atom stereocenters. The average Bonchev–Trinajstić information content (AvgIpc) is 3.30. The fraction of sp³-hybridized carbons (Fsp3) is 0.292. The number of carbonyl (C=O) groups excluding carboxylic acids is 2. The molecule has 7 nitrogen and oxygen atoms in total. The van der Waals surface area contributed by atoms with E-state index >= 15 is 0 Å². The van der Waals surface area contributed by atoms with Crippen LogP contribution in [0.25, 0.3) is 5.57 Å². The zero-order chi connectivity index (χ0) is 21.8. The summed E-state index contributed by atoms with van der Waals surface area (Å²) in [5, 5.41) is 15.0. The van der Waals surface area contributed by atoms with E-state index in [1.54, 1.807) is 11.0 Å². The summed E-state index contributed by atoms with van der Waals surface area (Å²) in [4.78, 5) is 26.9. The number of anilines is 2. The van der Waals surface area contributed by atoms with Crippen LogP contribution >= 0.6 is 0 Å². The molecule has 0 atom stereocenters. The van der Waals surface area contributed by atoms with Crippen LogP contribution in [0.1, 0.15) is 49.7 Å². The molecule has 2 aromatic rings. The molecule has 4 N–H and O–H groups in total. The van der Waals surface area contributed by atoms with Gasteiger partial charge in [0.05, 0.1) is 0 Å². The zero-order valence-electron chi connectivity index (χ0n) is 17.3. The van der Waals surface area contributed by atoms with Crippen molar-refractivity contribution in [3.8, 4) is 0 Å². The standard InChI is InChI=1S/C24H26N4O3/c25-23(27-31)17-6-3-5-16(15-17)20-7-4-8-21(20)24(30)26-18-10-12-19(13-11-18)28-14-2-1-9-22(28)29/h3,5-6,10-13,15,31H,1-2,4,7-9,14H2,(H2,25,27)(H,26,30). The van der Waals surface area contributed by atoms with Gasteiger partial charge in [-0.25, -0.2) is 0 Å². The Morgan fingerprint density at radius 2 is 1.84 bits per heavy atom. The summed E-state index contributed by atoms with van der Waals surface area (Å²) in [5.41, 5.74) is 10.5. The number of benzene rings is 2. The minimum Gasteiger partial charge on any atom is -0.409 e. The first kappa shape index (κ1) is 20.7. The van der Waals surface area contributed by atoms with Gasteiger partial charge in [0, 0.05) is 35.5 Å². The highest BCUT2D eigenvalue weighted by Gasteiger charge is 2.23. The first-order chi connectivity index (χ1) is 15.1. The van der Waals surface area contributed by atoms with Crippen LogP contribution in [0.15, 0.2) is 59.3 Å². The van der Waals surface area contributed by atoms with Crippen LogP contribution in [0.5, 0.6) is 0 Å². The molecule has 2 amide bonds. The van der Waals surface area contributed by atoms with Crippen LogP contribution in [-0.4, -0.2) is 29.4 Å². The maximum Gasteiger partial charge on any atom is 0.251 e. The lowest BCUT2D eigenvalue weighted by atomic mass is 9.99. The Bertz CT molecular complexity index is 1060. The Morgan fingerprint density at radius 3 is 2.58 bits per heavy atom. The van der Waals surface area contributed by atoms with E-state index < -0.39 is 0 Å². The number of nitrogens with one attached hydrogen (secondary N) is 1. The molecule has 7 heteroatoms. The van der Waals surface area contributed by atoms with Gasteiger partial charge in [-0.3, -0.25) is 9.59 Å². The van der Waals surface area contributed by atoms with E-state index in [0.717, 1.165) is 54.6 Å². The molecule has 160 valence electrons. The molecule has 0 radical (unpaired) electrons. The van der Waals surface area contributed by atoms with Gasteiger partial charge in [-0.1, -0.05) is 23.4 Å². The summed E-state index contributed by atoms with van der Waals surface area (Å²) < 4.78 is 0. The quantitative estimate of drug-likeness (QED) is 0.296. The highest BCUT2D eigenvalue weighted by Crippen LogP contribution is 2.35. The minimum absolute atomic E-state index is 0.0405. The van der Waals surface area contributed by atoms with Crippen LogP contribution in [-0.2, 0) is 9.59 Å². The van der Waals surface area contributed by atoms with Gasteiger partial charge in [0.2, 0.25) is 5.91 Å². The Labute approximate surface area is 181 Å². The van der Waals surface area contributed by atoms with Crippen molar-refractivity contribution in [2.45, 2.75) is 38.5 Å². The van der Waals surface area contributed by atoms with Crippen LogP contribution in [0, 0.1) is 0 Å². The number of amides is 2. The van der Waals surface area contributed by atoms with E-state index in [0.29, 0.717) is 24.1 Å². The van der Waals surface area contributed by atoms with Crippen molar-refractivity contribution in [3.63, 3.8) is 0 Å². The summed E-state index contributed by atoms with van der Waals surface area (Å²) >= 11 is 0. The predicted octanol–water partition coefficient (Wildman–Crippen LogP) is 3.87. The second-order valence-corrected chi connectivity index (χ2v) is 7.88. The number of hydrogen-bond donors (Lipinski definition) is 3. The van der Waals surface area contributed by atoms with Crippen molar-refractivity contribution in [1.82, 2.24) is 0 Å². The van der Waals surface area contributed by atoms with Gasteiger partial charge < -0.3 is 21.2 Å². The Balaban J connectivity index is 1.52. The molecule has 4 rings (SSSR count). The Kier molecular flexibility index (Phi) is 6.02. The Hall–Kier alpha value is -3.61. The fourth-order valence-electron chi connectivity index (χ4n) is 4.25. The lowest BCUT2D eigenvalue weighted by Gasteiger charge is -2.26. The molecule has 1 aliphatic heterocycles. The lowest BCUT2D eigenvalue weighted by molar-refractivity contribution is -0.119. The molecule has 31 heavy (non-hydrogen) atoms. The first-order valence-corrected chi connectivity index (χ1v) is 10.6. The lowest BCUT2D eigenvalue weighted by Crippen LogP contribution is -2.35. The maximum absolute atomic E-state index is 13.0. The number of rotatable bonds is 5. The van der Waals surface area contributed by atoms with Crippen molar-refractivity contribution in [2.75, 3.05) is 16.8 Å². The largest absolute Gasteiger partial charge is 0.409 e. The minimum atomic E-state index is -0.122. The van der Waals surface area contributed by atoms with Crippen molar-refractivity contribution in [1.29, 1.82) is 0 Å². The zero-order valence-corrected chi connectivity index (χ0v) is 17.3. The molecular formula is C24H26N4O3. The van der Waals surface area contributed by atoms with Gasteiger partial charge >= 0.3 is 0 Å². The third-order valence-electron chi connectivity index (χ3n) is 5.87. The van der Waals surface area contributed by atoms with Gasteiger partial charge in [0.1, 0.15) is 0 Å². The number of nitrogens with two attached hydrogens (primary N) is 1. The normalized spacial score (nSPS) is 17.2. The number of carbonyl (C=O) groups is 2. The SMILES string of the molecule is NC(=NO)c1cccc(C2=C(C(=O)Nc3ccc(N4CCCCC4=O)cc3)CCC2)c1. The van der Waals surface area contributed by atoms with Crippen LogP contribution in [0.4, 0.5) is 11.4 Å². The number of hydrogen-bond acceptors (Lipinski definition) is 4. The summed E-state index contributed by atoms with van der Waals surface area (Å²) in [6, 6.07) is 14.8. The van der Waals surface area contributed by atoms with Gasteiger partial charge in [-0.05, 0) is 73.6 Å².